The van der Waals surface area contributed by atoms with Crippen molar-refractivity contribution in [2.45, 2.75) is 31.9 Å². The standard InChI is InChI=1S/C27H29Cl2F2N7O2/c1-3-15-13-37(10-9-32-15)21-8-7-16(11-17(21)23(39)24(30)31)34-27-33-12-18-25(35-27)36(2)14-38(26(18)40)22-19(28)5-4-6-20(22)29/h4-8,11-12,15,23-24,32,39H,3,9-10,13-14H2,1-2H3,(H,33,34,35)/t15-,23?/m0/s1. The van der Waals surface area contributed by atoms with Gasteiger partial charge in [-0.3, -0.25) is 9.69 Å². The van der Waals surface area contributed by atoms with Gasteiger partial charge >= 0.3 is 0 Å². The summed E-state index contributed by atoms with van der Waals surface area (Å²) in [7, 11) is 1.77. The third-order valence-electron chi connectivity index (χ3n) is 7.10. The van der Waals surface area contributed by atoms with E-state index in [1.165, 1.54) is 17.2 Å². The third kappa shape index (κ3) is 5.51. The predicted octanol–water partition coefficient (Wildman–Crippen LogP) is 5.07. The number of piperazine rings is 1. The van der Waals surface area contributed by atoms with Gasteiger partial charge in [-0.25, -0.2) is 13.8 Å². The molecule has 2 aromatic carbocycles. The van der Waals surface area contributed by atoms with Crippen LogP contribution in [0.1, 0.15) is 35.4 Å². The second-order valence-corrected chi connectivity index (χ2v) is 10.6. The molecule has 5 rings (SSSR count). The molecule has 13 heteroatoms. The van der Waals surface area contributed by atoms with Gasteiger partial charge in [-0.05, 0) is 36.8 Å². The number of carbonyl (C=O) groups is 1. The number of benzene rings is 2. The first-order valence-corrected chi connectivity index (χ1v) is 13.6. The minimum absolute atomic E-state index is 0.120. The second-order valence-electron chi connectivity index (χ2n) is 9.76. The van der Waals surface area contributed by atoms with Gasteiger partial charge < -0.3 is 25.5 Å². The van der Waals surface area contributed by atoms with Crippen molar-refractivity contribution in [3.63, 3.8) is 0 Å². The average Bonchev–Trinajstić information content (AvgIpc) is 2.95. The lowest BCUT2D eigenvalue weighted by molar-refractivity contribution is -0.00552. The zero-order chi connectivity index (χ0) is 28.6. The van der Waals surface area contributed by atoms with E-state index >= 15 is 0 Å². The summed E-state index contributed by atoms with van der Waals surface area (Å²) in [5, 5.41) is 17.5. The molecule has 0 aliphatic carbocycles. The van der Waals surface area contributed by atoms with E-state index in [2.05, 4.69) is 27.5 Å². The molecule has 40 heavy (non-hydrogen) atoms. The number of aliphatic hydroxyl groups excluding tert-OH is 1. The van der Waals surface area contributed by atoms with Crippen LogP contribution in [0.25, 0.3) is 0 Å². The van der Waals surface area contributed by atoms with E-state index in [1.54, 1.807) is 42.3 Å². The van der Waals surface area contributed by atoms with Gasteiger partial charge in [0.25, 0.3) is 12.3 Å². The van der Waals surface area contributed by atoms with Crippen LogP contribution in [0, 0.1) is 0 Å². The zero-order valence-corrected chi connectivity index (χ0v) is 23.4. The number of carbonyl (C=O) groups excluding carboxylic acids is 1. The number of nitrogens with zero attached hydrogens (tertiary/aromatic N) is 5. The van der Waals surface area contributed by atoms with E-state index < -0.39 is 12.5 Å². The number of alkyl halides is 2. The Morgan fingerprint density at radius 2 is 1.98 bits per heavy atom. The zero-order valence-electron chi connectivity index (χ0n) is 21.9. The highest BCUT2D eigenvalue weighted by atomic mass is 35.5. The molecule has 1 aromatic heterocycles. The number of amides is 1. The quantitative estimate of drug-likeness (QED) is 0.350. The molecule has 3 aromatic rings. The van der Waals surface area contributed by atoms with E-state index in [1.807, 2.05) is 4.90 Å². The number of halogens is 4. The summed E-state index contributed by atoms with van der Waals surface area (Å²) in [6.07, 6.45) is -2.61. The van der Waals surface area contributed by atoms with Crippen molar-refractivity contribution in [1.29, 1.82) is 0 Å². The van der Waals surface area contributed by atoms with Crippen LogP contribution in [0.3, 0.4) is 0 Å². The molecule has 0 bridgehead atoms. The van der Waals surface area contributed by atoms with Crippen molar-refractivity contribution in [2.24, 2.45) is 0 Å². The number of aromatic nitrogens is 2. The van der Waals surface area contributed by atoms with Crippen LogP contribution in [-0.2, 0) is 0 Å². The van der Waals surface area contributed by atoms with Crippen molar-refractivity contribution in [3.8, 4) is 0 Å². The molecule has 0 saturated carbocycles. The van der Waals surface area contributed by atoms with E-state index in [0.29, 0.717) is 46.0 Å². The molecule has 3 N–H and O–H groups in total. The van der Waals surface area contributed by atoms with Gasteiger partial charge in [0.15, 0.2) is 0 Å². The number of hydrogen-bond acceptors (Lipinski definition) is 8. The van der Waals surface area contributed by atoms with Gasteiger partial charge in [0.05, 0.1) is 22.4 Å². The molecule has 0 spiro atoms. The van der Waals surface area contributed by atoms with E-state index in [9.17, 15) is 18.7 Å². The topological polar surface area (TPSA) is 96.9 Å². The molecule has 9 nitrogen and oxygen atoms in total. The average molecular weight is 592 g/mol. The Kier molecular flexibility index (Phi) is 8.27. The summed E-state index contributed by atoms with van der Waals surface area (Å²) in [5.41, 5.74) is 1.76. The van der Waals surface area contributed by atoms with E-state index in [0.717, 1.165) is 13.0 Å². The lowest BCUT2D eigenvalue weighted by Gasteiger charge is -2.36. The van der Waals surface area contributed by atoms with Crippen LogP contribution in [-0.4, -0.2) is 66.8 Å². The van der Waals surface area contributed by atoms with Crippen molar-refractivity contribution >= 4 is 57.9 Å². The van der Waals surface area contributed by atoms with Crippen molar-refractivity contribution in [2.75, 3.05) is 53.4 Å². The molecule has 1 fully saturated rings. The fourth-order valence-corrected chi connectivity index (χ4v) is 5.62. The third-order valence-corrected chi connectivity index (χ3v) is 7.71. The predicted molar refractivity (Wildman–Crippen MR) is 154 cm³/mol. The molecule has 1 amide bonds. The van der Waals surface area contributed by atoms with Crippen molar-refractivity contribution in [1.82, 2.24) is 15.3 Å². The summed E-state index contributed by atoms with van der Waals surface area (Å²) in [4.78, 5) is 27.4. The monoisotopic (exact) mass is 591 g/mol. The Labute approximate surface area is 240 Å². The fraction of sp³-hybridized carbons (Fsp3) is 0.370. The normalized spacial score (nSPS) is 18.2. The minimum atomic E-state index is -2.95. The molecule has 2 aliphatic heterocycles. The molecule has 1 unspecified atom stereocenters. The summed E-state index contributed by atoms with van der Waals surface area (Å²) in [6.45, 7) is 4.22. The molecule has 1 saturated heterocycles. The van der Waals surface area contributed by atoms with Crippen LogP contribution in [0.2, 0.25) is 10.0 Å². The molecule has 3 heterocycles. The summed E-state index contributed by atoms with van der Waals surface area (Å²) in [6, 6.07) is 10.2. The molecule has 2 aliphatic rings. The first kappa shape index (κ1) is 28.3. The van der Waals surface area contributed by atoms with Gasteiger partial charge in [0.2, 0.25) is 5.95 Å². The number of aliphatic hydroxyl groups is 1. The maximum atomic E-state index is 13.7. The molecular weight excluding hydrogens is 563 g/mol. The number of rotatable bonds is 7. The fourth-order valence-electron chi connectivity index (χ4n) is 5.02. The van der Waals surface area contributed by atoms with Gasteiger partial charge in [-0.2, -0.15) is 4.98 Å². The maximum Gasteiger partial charge on any atom is 0.268 e. The van der Waals surface area contributed by atoms with E-state index in [-0.39, 0.29) is 35.7 Å². The first-order chi connectivity index (χ1) is 19.2. The van der Waals surface area contributed by atoms with Gasteiger partial charge in [-0.15, -0.1) is 0 Å². The lowest BCUT2D eigenvalue weighted by Crippen LogP contribution is -2.50. The first-order valence-electron chi connectivity index (χ1n) is 12.9. The highest BCUT2D eigenvalue weighted by Crippen LogP contribution is 2.38. The van der Waals surface area contributed by atoms with Crippen LogP contribution in [0.5, 0.6) is 0 Å². The summed E-state index contributed by atoms with van der Waals surface area (Å²) in [5.74, 6) is 0.196. The molecule has 0 radical (unpaired) electrons. The Morgan fingerprint density at radius 1 is 1.23 bits per heavy atom. The number of nitrogens with one attached hydrogen (secondary N) is 2. The van der Waals surface area contributed by atoms with E-state index in [4.69, 9.17) is 23.2 Å². The Hall–Kier alpha value is -3.25. The molecule has 2 atom stereocenters. The number of para-hydroxylation sites is 1. The van der Waals surface area contributed by atoms with Crippen molar-refractivity contribution < 1.29 is 18.7 Å². The second kappa shape index (κ2) is 11.7. The van der Waals surface area contributed by atoms with Gasteiger partial charge in [-0.1, -0.05) is 36.2 Å². The number of fused-ring (bicyclic) bond motifs is 1. The van der Waals surface area contributed by atoms with Gasteiger partial charge in [0, 0.05) is 55.9 Å². The Balaban J connectivity index is 1.42. The SMILES string of the molecule is CC[C@H]1CN(c2ccc(Nc3ncc4c(n3)N(C)CN(c3c(Cl)cccc3Cl)C4=O)cc2C(O)C(F)F)CCN1. The van der Waals surface area contributed by atoms with Crippen molar-refractivity contribution in [3.05, 3.63) is 63.8 Å². The smallest absolute Gasteiger partial charge is 0.268 e. The van der Waals surface area contributed by atoms with Crippen LogP contribution >= 0.6 is 23.2 Å². The Morgan fingerprint density at radius 3 is 2.67 bits per heavy atom. The summed E-state index contributed by atoms with van der Waals surface area (Å²) < 4.78 is 27.3. The number of hydrogen-bond donors (Lipinski definition) is 3. The van der Waals surface area contributed by atoms with Crippen LogP contribution in [0.4, 0.5) is 37.6 Å². The Bertz CT molecular complexity index is 1390. The highest BCUT2D eigenvalue weighted by Gasteiger charge is 2.33. The van der Waals surface area contributed by atoms with Gasteiger partial charge in [0.1, 0.15) is 17.5 Å². The van der Waals surface area contributed by atoms with Crippen LogP contribution < -0.4 is 25.3 Å². The minimum Gasteiger partial charge on any atom is -0.382 e. The molecule has 212 valence electrons. The number of anilines is 5. The van der Waals surface area contributed by atoms with Crippen LogP contribution in [0.15, 0.2) is 42.6 Å². The largest absolute Gasteiger partial charge is 0.382 e. The molecular formula is C27H29Cl2F2N7O2. The maximum absolute atomic E-state index is 13.7. The lowest BCUT2D eigenvalue weighted by atomic mass is 10.0. The highest BCUT2D eigenvalue weighted by molar-refractivity contribution is 6.40. The summed E-state index contributed by atoms with van der Waals surface area (Å²) >= 11 is 12.7.